The Kier molecular flexibility index (Phi) is 24.3. The van der Waals surface area contributed by atoms with Crippen molar-refractivity contribution >= 4 is 98.8 Å². The maximum Gasteiger partial charge on any atom is 0.125 e. The molecular weight excluding hydrogens is 1290 g/mol. The van der Waals surface area contributed by atoms with Gasteiger partial charge >= 0.3 is 0 Å². The molecule has 13 aromatic carbocycles. The lowest BCUT2D eigenvalue weighted by molar-refractivity contribution is 0.293. The molecular formula is C94H104N2O8. The Bertz CT molecular complexity index is 4340. The lowest BCUT2D eigenvalue weighted by atomic mass is 9.87. The number of unbranched alkanes of at least 4 members (excludes halogenated alkanes) is 8. The Morgan fingerprint density at radius 1 is 0.212 bits per heavy atom. The van der Waals surface area contributed by atoms with E-state index in [1.54, 1.807) is 0 Å². The lowest BCUT2D eigenvalue weighted by Crippen LogP contribution is -2.12. The van der Waals surface area contributed by atoms with Crippen molar-refractivity contribution in [2.24, 2.45) is 0 Å². The van der Waals surface area contributed by atoms with Gasteiger partial charge < -0.3 is 47.7 Å². The highest BCUT2D eigenvalue weighted by atomic mass is 16.5. The highest BCUT2D eigenvalue weighted by Gasteiger charge is 2.31. The highest BCUT2D eigenvalue weighted by Crippen LogP contribution is 2.58. The molecule has 0 N–H and O–H groups in total. The predicted octanol–water partition coefficient (Wildman–Crippen LogP) is 27.2. The van der Waals surface area contributed by atoms with Crippen molar-refractivity contribution in [3.05, 3.63) is 194 Å². The first-order valence-electron chi connectivity index (χ1n) is 39.0. The summed E-state index contributed by atoms with van der Waals surface area (Å²) in [5.74, 6) is 6.09. The quantitative estimate of drug-likeness (QED) is 0.0347. The van der Waals surface area contributed by atoms with Crippen LogP contribution in [0.5, 0.6) is 46.0 Å². The van der Waals surface area contributed by atoms with Crippen LogP contribution in [0.15, 0.2) is 194 Å². The zero-order valence-corrected chi connectivity index (χ0v) is 62.6. The Balaban J connectivity index is 1.12. The molecule has 0 aliphatic carbocycles. The Morgan fingerprint density at radius 3 is 0.663 bits per heavy atom. The summed E-state index contributed by atoms with van der Waals surface area (Å²) in [6.07, 6.45) is 15.7. The third-order valence-electron chi connectivity index (χ3n) is 19.8. The van der Waals surface area contributed by atoms with E-state index < -0.39 is 0 Å². The molecule has 0 aliphatic rings. The van der Waals surface area contributed by atoms with Crippen LogP contribution in [0.1, 0.15) is 158 Å². The minimum absolute atomic E-state index is 0.596. The van der Waals surface area contributed by atoms with Crippen molar-refractivity contribution < 1.29 is 37.9 Å². The number of rotatable bonds is 40. The number of ether oxygens (including phenoxy) is 8. The van der Waals surface area contributed by atoms with Crippen molar-refractivity contribution in [3.8, 4) is 68.2 Å². The molecule has 0 atom stereocenters. The summed E-state index contributed by atoms with van der Waals surface area (Å²) < 4.78 is 53.3. The second-order valence-corrected chi connectivity index (χ2v) is 27.6. The van der Waals surface area contributed by atoms with E-state index in [4.69, 9.17) is 37.9 Å². The van der Waals surface area contributed by atoms with Gasteiger partial charge in [-0.25, -0.2) is 0 Å². The van der Waals surface area contributed by atoms with Crippen LogP contribution in [0.3, 0.4) is 0 Å². The zero-order chi connectivity index (χ0) is 71.7. The van der Waals surface area contributed by atoms with E-state index >= 15 is 0 Å². The fraction of sp³-hybridized carbons (Fsp3) is 0.340. The van der Waals surface area contributed by atoms with Gasteiger partial charge in [-0.1, -0.05) is 216 Å². The van der Waals surface area contributed by atoms with Crippen LogP contribution >= 0.6 is 0 Å². The van der Waals surface area contributed by atoms with Gasteiger partial charge in [-0.05, 0) is 140 Å². The van der Waals surface area contributed by atoms with Crippen LogP contribution in [0.4, 0.5) is 34.1 Å². The van der Waals surface area contributed by atoms with Gasteiger partial charge in [-0.15, -0.1) is 0 Å². The third-order valence-corrected chi connectivity index (χ3v) is 19.8. The van der Waals surface area contributed by atoms with E-state index in [2.05, 4.69) is 259 Å². The summed E-state index contributed by atoms with van der Waals surface area (Å²) in [6, 6.07) is 71.3. The molecule has 10 heteroatoms. The van der Waals surface area contributed by atoms with Gasteiger partial charge in [0.15, 0.2) is 0 Å². The molecule has 0 heterocycles. The fourth-order valence-corrected chi connectivity index (χ4v) is 14.6. The largest absolute Gasteiger partial charge is 0.493 e. The summed E-state index contributed by atoms with van der Waals surface area (Å²) in [4.78, 5) is 4.76. The summed E-state index contributed by atoms with van der Waals surface area (Å²) in [6.45, 7) is 22.4. The molecule has 13 aromatic rings. The van der Waals surface area contributed by atoms with Crippen LogP contribution in [-0.4, -0.2) is 52.9 Å². The maximum absolute atomic E-state index is 6.67. The van der Waals surface area contributed by atoms with Crippen molar-refractivity contribution in [1.29, 1.82) is 0 Å². The Morgan fingerprint density at radius 2 is 0.433 bits per heavy atom. The molecule has 0 aliphatic heterocycles. The number of hydrogen-bond donors (Lipinski definition) is 0. The van der Waals surface area contributed by atoms with Gasteiger partial charge in [0.2, 0.25) is 0 Å². The van der Waals surface area contributed by atoms with Gasteiger partial charge in [0, 0.05) is 83.6 Å². The monoisotopic (exact) mass is 1390 g/mol. The molecule has 0 spiro atoms. The Labute approximate surface area is 616 Å². The lowest BCUT2D eigenvalue weighted by Gasteiger charge is -2.29. The van der Waals surface area contributed by atoms with Gasteiger partial charge in [-0.3, -0.25) is 0 Å². The first-order chi connectivity index (χ1) is 51.3. The summed E-state index contributed by atoms with van der Waals surface area (Å²) in [7, 11) is 0. The Hall–Kier alpha value is -10.1. The second kappa shape index (κ2) is 34.9. The molecule has 0 saturated heterocycles. The van der Waals surface area contributed by atoms with Crippen LogP contribution in [-0.2, 0) is 0 Å². The molecule has 538 valence electrons. The SMILES string of the molecule is CCCCOc1cc(OCCCC)cc(N(c2cc(OCCCC)cc(OCCCC)c2)c2ccc3c4c(-c5ccccc5)c5c6cccc7c(N(c8cc(OCCCC)cc(OCCCC)c8)c8cc(OCCCC)cc(OCCCC)c8)ccc(c5c(-c5ccccc5)c4c4cccc2c43)c76)c1. The second-order valence-electron chi connectivity index (χ2n) is 27.6. The minimum Gasteiger partial charge on any atom is -0.493 e. The van der Waals surface area contributed by atoms with Crippen molar-refractivity contribution in [2.45, 2.75) is 158 Å². The number of anilines is 6. The predicted molar refractivity (Wildman–Crippen MR) is 437 cm³/mol. The van der Waals surface area contributed by atoms with Crippen LogP contribution in [0.2, 0.25) is 0 Å². The first kappa shape index (κ1) is 72.3. The van der Waals surface area contributed by atoms with E-state index in [0.717, 1.165) is 205 Å². The number of hydrogen-bond acceptors (Lipinski definition) is 10. The van der Waals surface area contributed by atoms with Crippen LogP contribution in [0, 0.1) is 0 Å². The summed E-state index contributed by atoms with van der Waals surface area (Å²) >= 11 is 0. The van der Waals surface area contributed by atoms with E-state index in [0.29, 0.717) is 52.9 Å². The number of benzene rings is 11. The van der Waals surface area contributed by atoms with E-state index in [1.807, 2.05) is 0 Å². The molecule has 13 rings (SSSR count). The molecule has 0 saturated carbocycles. The van der Waals surface area contributed by atoms with E-state index in [9.17, 15) is 0 Å². The van der Waals surface area contributed by atoms with Gasteiger partial charge in [0.05, 0.1) is 87.0 Å². The topological polar surface area (TPSA) is 80.3 Å². The molecule has 0 radical (unpaired) electrons. The smallest absolute Gasteiger partial charge is 0.125 e. The molecule has 104 heavy (non-hydrogen) atoms. The van der Waals surface area contributed by atoms with Crippen molar-refractivity contribution in [1.82, 2.24) is 0 Å². The average molecular weight is 1390 g/mol. The molecule has 0 unspecified atom stereocenters. The van der Waals surface area contributed by atoms with E-state index in [1.165, 1.54) is 65.0 Å². The van der Waals surface area contributed by atoms with Crippen LogP contribution < -0.4 is 47.7 Å². The third kappa shape index (κ3) is 15.7. The summed E-state index contributed by atoms with van der Waals surface area (Å²) in [5.41, 5.74) is 10.3. The maximum atomic E-state index is 6.67. The van der Waals surface area contributed by atoms with E-state index in [-0.39, 0.29) is 0 Å². The molecule has 0 amide bonds. The minimum atomic E-state index is 0.596. The number of fused-ring (bicyclic) bond motifs is 6. The molecule has 0 aromatic heterocycles. The van der Waals surface area contributed by atoms with Crippen LogP contribution in [0.25, 0.3) is 86.9 Å². The highest BCUT2D eigenvalue weighted by molar-refractivity contribution is 6.47. The van der Waals surface area contributed by atoms with Gasteiger partial charge in [0.1, 0.15) is 46.0 Å². The standard InChI is InChI=1S/C94H104N2O8/c1-9-17-45-97-71-53-67(54-72(61-71)98-46-18-10-2)95(68-55-73(99-47-19-11-3)62-74(56-68)100-48-20-12-4)85-43-41-83-89-79(85)37-31-39-81(89)91-87(65-33-27-25-28-34-65)94-84-42-44-86(80-38-32-40-82(90(80)84)92(94)88(93(83)91)66-35-29-26-30-36-66)96(69-57-75(101-49-21-13-5)63-76(58-69)102-50-22-14-6)70-59-77(103-51-23-15-7)64-78(60-70)104-52-24-16-8/h25-44,53-64H,9-24,45-52H2,1-8H3. The van der Waals surface area contributed by atoms with Gasteiger partial charge in [0.25, 0.3) is 0 Å². The van der Waals surface area contributed by atoms with Crippen molar-refractivity contribution in [2.75, 3.05) is 62.7 Å². The van der Waals surface area contributed by atoms with Crippen molar-refractivity contribution in [3.63, 3.8) is 0 Å². The molecule has 10 nitrogen and oxygen atoms in total. The number of nitrogens with zero attached hydrogens (tertiary/aromatic N) is 2. The first-order valence-corrected chi connectivity index (χ1v) is 39.0. The summed E-state index contributed by atoms with van der Waals surface area (Å²) in [5, 5.41) is 14.2. The molecule has 0 fully saturated rings. The zero-order valence-electron chi connectivity index (χ0n) is 62.6. The average Bonchev–Trinajstić information content (AvgIpc) is 1.51. The molecule has 0 bridgehead atoms. The fourth-order valence-electron chi connectivity index (χ4n) is 14.6. The normalized spacial score (nSPS) is 11.6. The van der Waals surface area contributed by atoms with Gasteiger partial charge in [-0.2, -0.15) is 0 Å².